The lowest BCUT2D eigenvalue weighted by Gasteiger charge is -2.12. The molecule has 0 aromatic heterocycles. The van der Waals surface area contributed by atoms with Gasteiger partial charge >= 0.3 is 12.3 Å². The molecule has 0 radical (unpaired) electrons. The number of hydrogen-bond acceptors (Lipinski definition) is 4. The lowest BCUT2D eigenvalue weighted by Crippen LogP contribution is -2.20. The summed E-state index contributed by atoms with van der Waals surface area (Å²) in [5, 5.41) is 2.56. The molecule has 0 aliphatic carbocycles. The zero-order chi connectivity index (χ0) is 15.2. The van der Waals surface area contributed by atoms with E-state index in [0.717, 1.165) is 12.1 Å². The van der Waals surface area contributed by atoms with Crippen molar-refractivity contribution in [3.63, 3.8) is 0 Å². The van der Waals surface area contributed by atoms with Crippen LogP contribution >= 0.6 is 0 Å². The first-order valence-electron chi connectivity index (χ1n) is 5.74. The normalized spacial score (nSPS) is 11.2. The van der Waals surface area contributed by atoms with E-state index in [4.69, 9.17) is 4.74 Å². The molecule has 0 saturated carbocycles. The zero-order valence-corrected chi connectivity index (χ0v) is 10.6. The van der Waals surface area contributed by atoms with Gasteiger partial charge in [-0.05, 0) is 25.1 Å². The lowest BCUT2D eigenvalue weighted by atomic mass is 10.1. The SMILES string of the molecule is CCOC(=O)c1cc(F)ccc1NCCOC(F)(F)F. The summed E-state index contributed by atoms with van der Waals surface area (Å²) in [6.45, 7) is 0.855. The number of rotatable bonds is 6. The Morgan fingerprint density at radius 1 is 1.35 bits per heavy atom. The van der Waals surface area contributed by atoms with Gasteiger partial charge in [0.25, 0.3) is 0 Å². The largest absolute Gasteiger partial charge is 0.522 e. The van der Waals surface area contributed by atoms with Gasteiger partial charge in [-0.1, -0.05) is 0 Å². The minimum atomic E-state index is -4.71. The molecule has 1 rings (SSSR count). The number of alkyl halides is 3. The molecular weight excluding hydrogens is 282 g/mol. The fraction of sp³-hybridized carbons (Fsp3) is 0.417. The van der Waals surface area contributed by atoms with Gasteiger partial charge in [0.15, 0.2) is 0 Å². The van der Waals surface area contributed by atoms with Crippen molar-refractivity contribution in [1.29, 1.82) is 0 Å². The Kier molecular flexibility index (Phi) is 5.75. The van der Waals surface area contributed by atoms with Crippen LogP contribution in [0.25, 0.3) is 0 Å². The van der Waals surface area contributed by atoms with E-state index in [1.165, 1.54) is 6.07 Å². The van der Waals surface area contributed by atoms with Crippen molar-refractivity contribution >= 4 is 11.7 Å². The molecular formula is C12H13F4NO3. The summed E-state index contributed by atoms with van der Waals surface area (Å²) in [5.74, 6) is -1.41. The van der Waals surface area contributed by atoms with Crippen LogP contribution in [0.3, 0.4) is 0 Å². The lowest BCUT2D eigenvalue weighted by molar-refractivity contribution is -0.322. The van der Waals surface area contributed by atoms with E-state index in [1.54, 1.807) is 6.92 Å². The van der Waals surface area contributed by atoms with Crippen molar-refractivity contribution in [1.82, 2.24) is 0 Å². The summed E-state index contributed by atoms with van der Waals surface area (Å²) in [5.41, 5.74) is 0.0921. The summed E-state index contributed by atoms with van der Waals surface area (Å²) < 4.78 is 56.7. The third-order valence-electron chi connectivity index (χ3n) is 2.16. The standard InChI is InChI=1S/C12H13F4NO3/c1-2-19-11(18)9-7-8(13)3-4-10(9)17-5-6-20-12(14,15)16/h3-4,7,17H,2,5-6H2,1H3. The van der Waals surface area contributed by atoms with E-state index in [9.17, 15) is 22.4 Å². The summed E-state index contributed by atoms with van der Waals surface area (Å²) >= 11 is 0. The molecule has 0 saturated heterocycles. The van der Waals surface area contributed by atoms with Gasteiger partial charge in [-0.2, -0.15) is 0 Å². The third-order valence-corrected chi connectivity index (χ3v) is 2.16. The third kappa shape index (κ3) is 5.43. The van der Waals surface area contributed by atoms with Crippen LogP contribution in [-0.4, -0.2) is 32.1 Å². The van der Waals surface area contributed by atoms with E-state index in [0.29, 0.717) is 0 Å². The molecule has 8 heteroatoms. The Bertz CT molecular complexity index is 463. The zero-order valence-electron chi connectivity index (χ0n) is 10.6. The van der Waals surface area contributed by atoms with Gasteiger partial charge in [0.2, 0.25) is 0 Å². The average molecular weight is 295 g/mol. The molecule has 0 amide bonds. The van der Waals surface area contributed by atoms with Crippen molar-refractivity contribution in [2.45, 2.75) is 13.3 Å². The summed E-state index contributed by atoms with van der Waals surface area (Å²) in [7, 11) is 0. The second kappa shape index (κ2) is 7.09. The fourth-order valence-electron chi connectivity index (χ4n) is 1.40. The maximum atomic E-state index is 13.1. The van der Waals surface area contributed by atoms with Crippen LogP contribution in [0, 0.1) is 5.82 Å². The fourth-order valence-corrected chi connectivity index (χ4v) is 1.40. The maximum Gasteiger partial charge on any atom is 0.522 e. The Balaban J connectivity index is 2.67. The van der Waals surface area contributed by atoms with E-state index < -0.39 is 24.8 Å². The number of carbonyl (C=O) groups excluding carboxylic acids is 1. The van der Waals surface area contributed by atoms with Crippen LogP contribution in [0.4, 0.5) is 23.2 Å². The molecule has 0 unspecified atom stereocenters. The van der Waals surface area contributed by atoms with Gasteiger partial charge in [0.1, 0.15) is 5.82 Å². The average Bonchev–Trinajstić information content (AvgIpc) is 2.35. The first kappa shape index (κ1) is 16.2. The first-order chi connectivity index (χ1) is 9.33. The number of nitrogens with one attached hydrogen (secondary N) is 1. The Hall–Kier alpha value is -1.83. The molecule has 112 valence electrons. The van der Waals surface area contributed by atoms with Gasteiger partial charge in [0.05, 0.1) is 18.8 Å². The number of esters is 1. The smallest absolute Gasteiger partial charge is 0.462 e. The molecule has 0 aliphatic rings. The molecule has 1 N–H and O–H groups in total. The van der Waals surface area contributed by atoms with Crippen LogP contribution in [0.5, 0.6) is 0 Å². The van der Waals surface area contributed by atoms with Crippen LogP contribution in [0.1, 0.15) is 17.3 Å². The summed E-state index contributed by atoms with van der Waals surface area (Å²) in [6, 6.07) is 3.27. The summed E-state index contributed by atoms with van der Waals surface area (Å²) in [4.78, 5) is 11.6. The minimum Gasteiger partial charge on any atom is -0.462 e. The second-order valence-electron chi connectivity index (χ2n) is 3.63. The van der Waals surface area contributed by atoms with Gasteiger partial charge in [-0.3, -0.25) is 4.74 Å². The Labute approximate surface area is 112 Å². The number of halogens is 4. The predicted molar refractivity (Wildman–Crippen MR) is 62.9 cm³/mol. The highest BCUT2D eigenvalue weighted by Gasteiger charge is 2.28. The highest BCUT2D eigenvalue weighted by molar-refractivity contribution is 5.95. The molecule has 20 heavy (non-hydrogen) atoms. The van der Waals surface area contributed by atoms with Crippen LogP contribution in [0.2, 0.25) is 0 Å². The molecule has 0 spiro atoms. The van der Waals surface area contributed by atoms with E-state index in [2.05, 4.69) is 10.1 Å². The van der Waals surface area contributed by atoms with Crippen LogP contribution in [-0.2, 0) is 9.47 Å². The molecule has 0 fully saturated rings. The highest BCUT2D eigenvalue weighted by atomic mass is 19.4. The van der Waals surface area contributed by atoms with E-state index in [1.807, 2.05) is 0 Å². The maximum absolute atomic E-state index is 13.1. The van der Waals surface area contributed by atoms with Crippen molar-refractivity contribution in [3.05, 3.63) is 29.6 Å². The Morgan fingerprint density at radius 2 is 2.05 bits per heavy atom. The molecule has 0 atom stereocenters. The van der Waals surface area contributed by atoms with E-state index in [-0.39, 0.29) is 24.4 Å². The monoisotopic (exact) mass is 295 g/mol. The van der Waals surface area contributed by atoms with Gasteiger partial charge in [-0.15, -0.1) is 13.2 Å². The molecule has 0 bridgehead atoms. The van der Waals surface area contributed by atoms with E-state index >= 15 is 0 Å². The molecule has 0 aliphatic heterocycles. The number of benzene rings is 1. The molecule has 1 aromatic rings. The predicted octanol–water partition coefficient (Wildman–Crippen LogP) is 2.95. The highest BCUT2D eigenvalue weighted by Crippen LogP contribution is 2.19. The first-order valence-corrected chi connectivity index (χ1v) is 5.74. The number of carbonyl (C=O) groups is 1. The quantitative estimate of drug-likeness (QED) is 0.498. The molecule has 0 heterocycles. The number of anilines is 1. The van der Waals surface area contributed by atoms with Crippen LogP contribution in [0.15, 0.2) is 18.2 Å². The molecule has 1 aromatic carbocycles. The van der Waals surface area contributed by atoms with Gasteiger partial charge < -0.3 is 10.1 Å². The van der Waals surface area contributed by atoms with Gasteiger partial charge in [0, 0.05) is 12.2 Å². The van der Waals surface area contributed by atoms with Gasteiger partial charge in [-0.25, -0.2) is 9.18 Å². The second-order valence-corrected chi connectivity index (χ2v) is 3.63. The Morgan fingerprint density at radius 3 is 2.65 bits per heavy atom. The topological polar surface area (TPSA) is 47.6 Å². The number of ether oxygens (including phenoxy) is 2. The van der Waals surface area contributed by atoms with Crippen molar-refractivity contribution in [2.24, 2.45) is 0 Å². The number of hydrogen-bond donors (Lipinski definition) is 1. The molecule has 4 nitrogen and oxygen atoms in total. The minimum absolute atomic E-state index is 0.0844. The van der Waals surface area contributed by atoms with Crippen LogP contribution < -0.4 is 5.32 Å². The van der Waals surface area contributed by atoms with Crippen molar-refractivity contribution < 1.29 is 31.8 Å². The van der Waals surface area contributed by atoms with Crippen molar-refractivity contribution in [2.75, 3.05) is 25.1 Å². The van der Waals surface area contributed by atoms with Crippen molar-refractivity contribution in [3.8, 4) is 0 Å². The summed E-state index contributed by atoms with van der Waals surface area (Å²) in [6.07, 6.45) is -4.71.